The molecule has 0 fully saturated rings. The molecular formula is C11H18ClN3O. The number of aromatic nitrogens is 1. The molecule has 0 unspecified atom stereocenters. The summed E-state index contributed by atoms with van der Waals surface area (Å²) in [4.78, 5) is 11.8. The highest BCUT2D eigenvalue weighted by Gasteiger charge is 2.11. The van der Waals surface area contributed by atoms with Crippen LogP contribution in [0.4, 0.5) is 0 Å². The molecule has 4 nitrogen and oxygen atoms in total. The third-order valence-corrected chi connectivity index (χ3v) is 2.53. The summed E-state index contributed by atoms with van der Waals surface area (Å²) < 4.78 is 1.84. The zero-order valence-corrected chi connectivity index (χ0v) is 10.5. The second kappa shape index (κ2) is 6.55. The third kappa shape index (κ3) is 3.54. The number of amides is 1. The summed E-state index contributed by atoms with van der Waals surface area (Å²) in [5, 5.41) is 6.49. The fraction of sp³-hybridized carbons (Fsp3) is 0.545. The van der Waals surface area contributed by atoms with Gasteiger partial charge in [-0.25, -0.2) is 0 Å². The van der Waals surface area contributed by atoms with Gasteiger partial charge < -0.3 is 15.2 Å². The Hall–Kier alpha value is -1.00. The SMILES string of the molecule is CCn1cc(Cl)cc1C(=O)NCCCNC. The zero-order valence-electron chi connectivity index (χ0n) is 9.72. The van der Waals surface area contributed by atoms with Crippen molar-refractivity contribution in [2.45, 2.75) is 19.9 Å². The largest absolute Gasteiger partial charge is 0.351 e. The Kier molecular flexibility index (Phi) is 5.35. The van der Waals surface area contributed by atoms with Crippen molar-refractivity contribution in [3.8, 4) is 0 Å². The lowest BCUT2D eigenvalue weighted by Gasteiger charge is -2.07. The van der Waals surface area contributed by atoms with E-state index in [2.05, 4.69) is 10.6 Å². The Labute approximate surface area is 101 Å². The highest BCUT2D eigenvalue weighted by atomic mass is 35.5. The summed E-state index contributed by atoms with van der Waals surface area (Å²) in [6.45, 7) is 4.29. The third-order valence-electron chi connectivity index (χ3n) is 2.33. The summed E-state index contributed by atoms with van der Waals surface area (Å²) in [5.41, 5.74) is 0.622. The van der Waals surface area contributed by atoms with Crippen LogP contribution in [0.5, 0.6) is 0 Å². The molecule has 0 radical (unpaired) electrons. The maximum Gasteiger partial charge on any atom is 0.267 e. The fourth-order valence-corrected chi connectivity index (χ4v) is 1.71. The van der Waals surface area contributed by atoms with Gasteiger partial charge in [-0.2, -0.15) is 0 Å². The topological polar surface area (TPSA) is 46.1 Å². The van der Waals surface area contributed by atoms with Crippen LogP contribution in [0.25, 0.3) is 0 Å². The maximum absolute atomic E-state index is 11.8. The van der Waals surface area contributed by atoms with Crippen LogP contribution >= 0.6 is 11.6 Å². The van der Waals surface area contributed by atoms with E-state index < -0.39 is 0 Å². The van der Waals surface area contributed by atoms with Crippen LogP contribution in [-0.4, -0.2) is 30.6 Å². The molecule has 0 bridgehead atoms. The molecule has 0 spiro atoms. The molecule has 1 rings (SSSR count). The summed E-state index contributed by atoms with van der Waals surface area (Å²) in [7, 11) is 1.89. The van der Waals surface area contributed by atoms with Crippen LogP contribution in [0.3, 0.4) is 0 Å². The highest BCUT2D eigenvalue weighted by molar-refractivity contribution is 6.31. The molecule has 2 N–H and O–H groups in total. The number of halogens is 1. The van der Waals surface area contributed by atoms with Gasteiger partial charge in [-0.1, -0.05) is 11.6 Å². The van der Waals surface area contributed by atoms with E-state index in [0.29, 0.717) is 17.3 Å². The molecular weight excluding hydrogens is 226 g/mol. The van der Waals surface area contributed by atoms with Crippen molar-refractivity contribution in [3.63, 3.8) is 0 Å². The standard InChI is InChI=1S/C11H18ClN3O/c1-3-15-8-9(12)7-10(15)11(16)14-6-4-5-13-2/h7-8,13H,3-6H2,1-2H3,(H,14,16). The number of carbonyl (C=O) groups is 1. The molecule has 1 heterocycles. The molecule has 1 aromatic heterocycles. The molecule has 1 amide bonds. The quantitative estimate of drug-likeness (QED) is 0.744. The highest BCUT2D eigenvalue weighted by Crippen LogP contribution is 2.13. The van der Waals surface area contributed by atoms with E-state index in [4.69, 9.17) is 11.6 Å². The lowest BCUT2D eigenvalue weighted by atomic mass is 10.3. The maximum atomic E-state index is 11.8. The second-order valence-electron chi connectivity index (χ2n) is 3.54. The first-order valence-electron chi connectivity index (χ1n) is 5.47. The van der Waals surface area contributed by atoms with Crippen molar-refractivity contribution < 1.29 is 4.79 Å². The molecule has 1 aromatic rings. The van der Waals surface area contributed by atoms with Gasteiger partial charge in [-0.15, -0.1) is 0 Å². The molecule has 16 heavy (non-hydrogen) atoms. The van der Waals surface area contributed by atoms with Gasteiger partial charge in [-0.3, -0.25) is 4.79 Å². The minimum atomic E-state index is -0.0650. The first-order valence-corrected chi connectivity index (χ1v) is 5.85. The molecule has 0 saturated heterocycles. The van der Waals surface area contributed by atoms with Crippen LogP contribution in [0, 0.1) is 0 Å². The molecule has 0 aliphatic heterocycles. The molecule has 0 aromatic carbocycles. The van der Waals surface area contributed by atoms with Gasteiger partial charge >= 0.3 is 0 Å². The van der Waals surface area contributed by atoms with Gasteiger partial charge in [0.05, 0.1) is 5.02 Å². The molecule has 0 aliphatic rings. The number of hydrogen-bond donors (Lipinski definition) is 2. The zero-order chi connectivity index (χ0) is 12.0. The average molecular weight is 244 g/mol. The summed E-state index contributed by atoms with van der Waals surface area (Å²) in [5.74, 6) is -0.0650. The van der Waals surface area contributed by atoms with Crippen LogP contribution in [-0.2, 0) is 6.54 Å². The fourth-order valence-electron chi connectivity index (χ4n) is 1.48. The van der Waals surface area contributed by atoms with Crippen molar-refractivity contribution >= 4 is 17.5 Å². The first kappa shape index (κ1) is 13.1. The Bertz CT molecular complexity index is 349. The van der Waals surface area contributed by atoms with Crippen LogP contribution in [0.15, 0.2) is 12.3 Å². The normalized spacial score (nSPS) is 10.4. The Morgan fingerprint density at radius 1 is 1.50 bits per heavy atom. The minimum Gasteiger partial charge on any atom is -0.351 e. The summed E-state index contributed by atoms with van der Waals surface area (Å²) in [6.07, 6.45) is 2.69. The van der Waals surface area contributed by atoms with Crippen molar-refractivity contribution in [1.82, 2.24) is 15.2 Å². The average Bonchev–Trinajstić information content (AvgIpc) is 2.65. The molecule has 0 atom stereocenters. The predicted molar refractivity (Wildman–Crippen MR) is 66.0 cm³/mol. The molecule has 0 aliphatic carbocycles. The van der Waals surface area contributed by atoms with Gasteiger partial charge in [0, 0.05) is 19.3 Å². The summed E-state index contributed by atoms with van der Waals surface area (Å²) >= 11 is 5.86. The molecule has 5 heteroatoms. The number of carbonyl (C=O) groups excluding carboxylic acids is 1. The van der Waals surface area contributed by atoms with Gasteiger partial charge in [-0.05, 0) is 33.0 Å². The lowest BCUT2D eigenvalue weighted by Crippen LogP contribution is -2.28. The molecule has 90 valence electrons. The van der Waals surface area contributed by atoms with E-state index >= 15 is 0 Å². The Balaban J connectivity index is 2.51. The van der Waals surface area contributed by atoms with Gasteiger partial charge in [0.2, 0.25) is 0 Å². The lowest BCUT2D eigenvalue weighted by molar-refractivity contribution is 0.0944. The number of rotatable bonds is 6. The molecule has 0 saturated carbocycles. The van der Waals surface area contributed by atoms with E-state index in [9.17, 15) is 4.79 Å². The van der Waals surface area contributed by atoms with E-state index in [-0.39, 0.29) is 5.91 Å². The van der Waals surface area contributed by atoms with Crippen molar-refractivity contribution in [2.75, 3.05) is 20.1 Å². The van der Waals surface area contributed by atoms with E-state index in [1.165, 1.54) is 0 Å². The van der Waals surface area contributed by atoms with Crippen molar-refractivity contribution in [2.24, 2.45) is 0 Å². The first-order chi connectivity index (χ1) is 7.69. The number of nitrogens with zero attached hydrogens (tertiary/aromatic N) is 1. The van der Waals surface area contributed by atoms with Crippen LogP contribution in [0.2, 0.25) is 5.02 Å². The van der Waals surface area contributed by atoms with Crippen molar-refractivity contribution in [3.05, 3.63) is 23.0 Å². The van der Waals surface area contributed by atoms with Gasteiger partial charge in [0.15, 0.2) is 0 Å². The predicted octanol–water partition coefficient (Wildman–Crippen LogP) is 1.50. The number of nitrogens with one attached hydrogen (secondary N) is 2. The number of aryl methyl sites for hydroxylation is 1. The van der Waals surface area contributed by atoms with E-state index in [1.54, 1.807) is 12.3 Å². The summed E-state index contributed by atoms with van der Waals surface area (Å²) in [6, 6.07) is 1.69. The monoisotopic (exact) mass is 243 g/mol. The smallest absolute Gasteiger partial charge is 0.267 e. The number of hydrogen-bond acceptors (Lipinski definition) is 2. The minimum absolute atomic E-state index is 0.0650. The second-order valence-corrected chi connectivity index (χ2v) is 3.98. The van der Waals surface area contributed by atoms with Crippen molar-refractivity contribution in [1.29, 1.82) is 0 Å². The van der Waals surface area contributed by atoms with E-state index in [1.807, 2.05) is 18.5 Å². The van der Waals surface area contributed by atoms with Crippen LogP contribution < -0.4 is 10.6 Å². The van der Waals surface area contributed by atoms with E-state index in [0.717, 1.165) is 19.5 Å². The Morgan fingerprint density at radius 3 is 2.88 bits per heavy atom. The van der Waals surface area contributed by atoms with Crippen LogP contribution in [0.1, 0.15) is 23.8 Å². The van der Waals surface area contributed by atoms with Gasteiger partial charge in [0.1, 0.15) is 5.69 Å². The Morgan fingerprint density at radius 2 is 2.25 bits per heavy atom. The van der Waals surface area contributed by atoms with Gasteiger partial charge in [0.25, 0.3) is 5.91 Å².